The standard InChI is InChI=1S/C28H28BrN3O3/c1-32(2)17-19-6-12-22(13-7-19)30-27(20-9-4-18(5-10-20)8-15-25(33)35-3)26-23-14-11-21(29)16-24(23)31-28(26)34/h4-7,9-14,16,30H,8,15,17H2,1-3H3,(H,31,34). The lowest BCUT2D eigenvalue weighted by Gasteiger charge is -2.16. The molecule has 7 heteroatoms. The summed E-state index contributed by atoms with van der Waals surface area (Å²) in [5, 5.41) is 6.48. The molecule has 35 heavy (non-hydrogen) atoms. The van der Waals surface area contributed by atoms with Gasteiger partial charge in [0.1, 0.15) is 0 Å². The number of ether oxygens (including phenoxy) is 1. The van der Waals surface area contributed by atoms with Crippen molar-refractivity contribution in [3.8, 4) is 0 Å². The number of hydrogen-bond donors (Lipinski definition) is 2. The highest BCUT2D eigenvalue weighted by Crippen LogP contribution is 2.39. The number of hydrogen-bond acceptors (Lipinski definition) is 5. The van der Waals surface area contributed by atoms with E-state index in [9.17, 15) is 9.59 Å². The van der Waals surface area contributed by atoms with Gasteiger partial charge in [0.25, 0.3) is 5.91 Å². The monoisotopic (exact) mass is 533 g/mol. The third-order valence-corrected chi connectivity index (χ3v) is 6.28. The second-order valence-corrected chi connectivity index (χ2v) is 9.64. The number of benzene rings is 3. The zero-order valence-corrected chi connectivity index (χ0v) is 21.6. The first kappa shape index (κ1) is 24.7. The lowest BCUT2D eigenvalue weighted by molar-refractivity contribution is -0.140. The number of fused-ring (bicyclic) bond motifs is 1. The molecule has 0 aliphatic carbocycles. The van der Waals surface area contributed by atoms with Gasteiger partial charge in [0, 0.05) is 28.7 Å². The summed E-state index contributed by atoms with van der Waals surface area (Å²) in [4.78, 5) is 26.7. The summed E-state index contributed by atoms with van der Waals surface area (Å²) in [7, 11) is 5.47. The Labute approximate surface area is 214 Å². The highest BCUT2D eigenvalue weighted by Gasteiger charge is 2.28. The summed E-state index contributed by atoms with van der Waals surface area (Å²) in [5.74, 6) is -0.388. The van der Waals surface area contributed by atoms with E-state index >= 15 is 0 Å². The van der Waals surface area contributed by atoms with E-state index < -0.39 is 0 Å². The predicted octanol–water partition coefficient (Wildman–Crippen LogP) is 5.55. The molecule has 0 spiro atoms. The Morgan fingerprint density at radius 1 is 1.00 bits per heavy atom. The molecule has 1 aliphatic rings. The van der Waals surface area contributed by atoms with Gasteiger partial charge in [-0.1, -0.05) is 58.4 Å². The number of aryl methyl sites for hydroxylation is 1. The molecule has 0 saturated carbocycles. The smallest absolute Gasteiger partial charge is 0.305 e. The van der Waals surface area contributed by atoms with E-state index in [2.05, 4.69) is 43.6 Å². The summed E-state index contributed by atoms with van der Waals surface area (Å²) >= 11 is 3.48. The van der Waals surface area contributed by atoms with Crippen LogP contribution >= 0.6 is 15.9 Å². The second-order valence-electron chi connectivity index (χ2n) is 8.73. The third kappa shape index (κ3) is 5.99. The quantitative estimate of drug-likeness (QED) is 0.293. The van der Waals surface area contributed by atoms with E-state index in [1.165, 1.54) is 12.7 Å². The number of amides is 1. The van der Waals surface area contributed by atoms with Crippen LogP contribution in [-0.4, -0.2) is 38.0 Å². The maximum absolute atomic E-state index is 13.1. The molecule has 2 N–H and O–H groups in total. The average Bonchev–Trinajstić information content (AvgIpc) is 3.16. The van der Waals surface area contributed by atoms with Crippen LogP contribution in [0.1, 0.15) is 28.7 Å². The maximum Gasteiger partial charge on any atom is 0.305 e. The van der Waals surface area contributed by atoms with Crippen LogP contribution in [0.15, 0.2) is 71.2 Å². The number of rotatable bonds is 8. The molecule has 6 nitrogen and oxygen atoms in total. The third-order valence-electron chi connectivity index (χ3n) is 5.79. The van der Waals surface area contributed by atoms with Gasteiger partial charge in [-0.15, -0.1) is 0 Å². The van der Waals surface area contributed by atoms with Crippen molar-refractivity contribution in [3.63, 3.8) is 0 Å². The molecule has 3 aromatic carbocycles. The number of carbonyl (C=O) groups excluding carboxylic acids is 2. The van der Waals surface area contributed by atoms with Crippen LogP contribution in [0.4, 0.5) is 11.4 Å². The molecule has 0 bridgehead atoms. The number of esters is 1. The van der Waals surface area contributed by atoms with Crippen molar-refractivity contribution in [1.82, 2.24) is 4.90 Å². The summed E-state index contributed by atoms with van der Waals surface area (Å²) in [5.41, 5.74) is 6.94. The van der Waals surface area contributed by atoms with E-state index in [1.54, 1.807) is 0 Å². The number of nitrogens with zero attached hydrogens (tertiary/aromatic N) is 1. The summed E-state index contributed by atoms with van der Waals surface area (Å²) in [6.07, 6.45) is 0.920. The fraction of sp³-hybridized carbons (Fsp3) is 0.214. The lowest BCUT2D eigenvalue weighted by atomic mass is 9.98. The molecule has 3 aromatic rings. The molecule has 0 saturated heterocycles. The first-order chi connectivity index (χ1) is 16.8. The van der Waals surface area contributed by atoms with Gasteiger partial charge >= 0.3 is 5.97 Å². The number of methoxy groups -OCH3 is 1. The van der Waals surface area contributed by atoms with Gasteiger partial charge in [0.05, 0.1) is 24.1 Å². The molecule has 0 radical (unpaired) electrons. The van der Waals surface area contributed by atoms with Crippen LogP contribution in [0.3, 0.4) is 0 Å². The Bertz CT molecular complexity index is 1270. The van der Waals surface area contributed by atoms with E-state index in [-0.39, 0.29) is 11.9 Å². The summed E-state index contributed by atoms with van der Waals surface area (Å²) in [6, 6.07) is 21.9. The van der Waals surface area contributed by atoms with Crippen molar-refractivity contribution >= 4 is 50.5 Å². The fourth-order valence-electron chi connectivity index (χ4n) is 4.06. The number of anilines is 2. The van der Waals surface area contributed by atoms with Crippen molar-refractivity contribution in [1.29, 1.82) is 0 Å². The van der Waals surface area contributed by atoms with Gasteiger partial charge < -0.3 is 20.3 Å². The summed E-state index contributed by atoms with van der Waals surface area (Å²) < 4.78 is 5.65. The lowest BCUT2D eigenvalue weighted by Crippen LogP contribution is -2.11. The summed E-state index contributed by atoms with van der Waals surface area (Å²) in [6.45, 7) is 0.853. The molecular weight excluding hydrogens is 506 g/mol. The molecule has 1 heterocycles. The van der Waals surface area contributed by atoms with Gasteiger partial charge in [-0.2, -0.15) is 0 Å². The Kier molecular flexibility index (Phi) is 7.68. The minimum Gasteiger partial charge on any atom is -0.469 e. The van der Waals surface area contributed by atoms with Crippen molar-refractivity contribution in [2.24, 2.45) is 0 Å². The molecule has 1 amide bonds. The van der Waals surface area contributed by atoms with Crippen LogP contribution in [0.2, 0.25) is 0 Å². The zero-order valence-electron chi connectivity index (χ0n) is 20.0. The molecule has 4 rings (SSSR count). The van der Waals surface area contributed by atoms with Crippen LogP contribution in [0.5, 0.6) is 0 Å². The van der Waals surface area contributed by atoms with E-state index in [0.29, 0.717) is 18.4 Å². The van der Waals surface area contributed by atoms with Gasteiger partial charge in [-0.25, -0.2) is 0 Å². The minimum absolute atomic E-state index is 0.153. The Hall–Kier alpha value is -3.42. The Balaban J connectivity index is 1.72. The van der Waals surface area contributed by atoms with Crippen LogP contribution in [0.25, 0.3) is 11.3 Å². The maximum atomic E-state index is 13.1. The van der Waals surface area contributed by atoms with Crippen molar-refractivity contribution < 1.29 is 14.3 Å². The first-order valence-corrected chi connectivity index (χ1v) is 12.2. The van der Waals surface area contributed by atoms with Gasteiger partial charge in [0.15, 0.2) is 0 Å². The number of carbonyl (C=O) groups is 2. The first-order valence-electron chi connectivity index (χ1n) is 11.4. The van der Waals surface area contributed by atoms with Crippen molar-refractivity contribution in [3.05, 3.63) is 93.5 Å². The predicted molar refractivity (Wildman–Crippen MR) is 144 cm³/mol. The average molecular weight is 534 g/mol. The van der Waals surface area contributed by atoms with Gasteiger partial charge in [-0.05, 0) is 61.5 Å². The molecule has 0 aromatic heterocycles. The zero-order chi connectivity index (χ0) is 24.9. The molecule has 0 atom stereocenters. The second kappa shape index (κ2) is 10.9. The molecule has 1 aliphatic heterocycles. The largest absolute Gasteiger partial charge is 0.469 e. The molecule has 0 unspecified atom stereocenters. The number of halogens is 1. The van der Waals surface area contributed by atoms with E-state index in [4.69, 9.17) is 4.74 Å². The Morgan fingerprint density at radius 2 is 1.69 bits per heavy atom. The van der Waals surface area contributed by atoms with Crippen LogP contribution < -0.4 is 10.6 Å². The normalized spacial score (nSPS) is 13.9. The van der Waals surface area contributed by atoms with Gasteiger partial charge in [-0.3, -0.25) is 9.59 Å². The Morgan fingerprint density at radius 3 is 2.34 bits per heavy atom. The topological polar surface area (TPSA) is 70.7 Å². The fourth-order valence-corrected chi connectivity index (χ4v) is 4.42. The SMILES string of the molecule is COC(=O)CCc1ccc(C(Nc2ccc(CN(C)C)cc2)=C2C(=O)Nc3cc(Br)ccc32)cc1. The minimum atomic E-state index is -0.235. The van der Waals surface area contributed by atoms with Crippen LogP contribution in [-0.2, 0) is 27.3 Å². The molecule has 180 valence electrons. The highest BCUT2D eigenvalue weighted by atomic mass is 79.9. The van der Waals surface area contributed by atoms with E-state index in [1.807, 2.05) is 68.7 Å². The van der Waals surface area contributed by atoms with Crippen molar-refractivity contribution in [2.45, 2.75) is 19.4 Å². The number of nitrogens with one attached hydrogen (secondary N) is 2. The molecular formula is C28H28BrN3O3. The highest BCUT2D eigenvalue weighted by molar-refractivity contribution is 9.10. The van der Waals surface area contributed by atoms with E-state index in [0.717, 1.165) is 44.8 Å². The molecule has 0 fully saturated rings. The van der Waals surface area contributed by atoms with Gasteiger partial charge in [0.2, 0.25) is 0 Å². The van der Waals surface area contributed by atoms with Crippen molar-refractivity contribution in [2.75, 3.05) is 31.8 Å². The van der Waals surface area contributed by atoms with Crippen LogP contribution in [0, 0.1) is 0 Å².